The zero-order valence-electron chi connectivity index (χ0n) is 10.6. The molecular weight excluding hydrogens is 228 g/mol. The average Bonchev–Trinajstić information content (AvgIpc) is 2.45. The first-order valence-electron chi connectivity index (χ1n) is 6.62. The summed E-state index contributed by atoms with van der Waals surface area (Å²) in [5.41, 5.74) is 0.628. The molecule has 18 heavy (non-hydrogen) atoms. The van der Waals surface area contributed by atoms with E-state index in [2.05, 4.69) is 10.3 Å². The number of aromatic nitrogens is 1. The van der Waals surface area contributed by atoms with Crippen LogP contribution < -0.4 is 5.32 Å². The SMILES string of the molecule is O=C(NCCCC1CCOCC1)c1cccnc1. The Kier molecular flexibility index (Phi) is 5.15. The van der Waals surface area contributed by atoms with Crippen molar-refractivity contribution in [2.45, 2.75) is 25.7 Å². The Hall–Kier alpha value is -1.42. The molecule has 0 spiro atoms. The molecule has 0 aliphatic carbocycles. The van der Waals surface area contributed by atoms with Gasteiger partial charge in [0.25, 0.3) is 5.91 Å². The molecular formula is C14H20N2O2. The van der Waals surface area contributed by atoms with Gasteiger partial charge in [0, 0.05) is 32.2 Å². The predicted molar refractivity (Wildman–Crippen MR) is 69.3 cm³/mol. The molecule has 1 N–H and O–H groups in total. The van der Waals surface area contributed by atoms with Gasteiger partial charge in [-0.25, -0.2) is 0 Å². The highest BCUT2D eigenvalue weighted by Gasteiger charge is 2.13. The molecule has 1 aliphatic heterocycles. The fourth-order valence-corrected chi connectivity index (χ4v) is 2.23. The molecule has 1 amide bonds. The van der Waals surface area contributed by atoms with Crippen molar-refractivity contribution in [1.82, 2.24) is 10.3 Å². The van der Waals surface area contributed by atoms with Crippen LogP contribution in [0.15, 0.2) is 24.5 Å². The summed E-state index contributed by atoms with van der Waals surface area (Å²) in [4.78, 5) is 15.7. The van der Waals surface area contributed by atoms with Crippen LogP contribution in [0.2, 0.25) is 0 Å². The molecule has 98 valence electrons. The van der Waals surface area contributed by atoms with Gasteiger partial charge in [0.05, 0.1) is 5.56 Å². The monoisotopic (exact) mass is 248 g/mol. The fraction of sp³-hybridized carbons (Fsp3) is 0.571. The number of rotatable bonds is 5. The minimum atomic E-state index is -0.0323. The normalized spacial score (nSPS) is 16.4. The molecule has 0 saturated carbocycles. The Bertz CT molecular complexity index is 361. The zero-order chi connectivity index (χ0) is 12.6. The van der Waals surface area contributed by atoms with Gasteiger partial charge < -0.3 is 10.1 Å². The van der Waals surface area contributed by atoms with Crippen LogP contribution in [0, 0.1) is 5.92 Å². The van der Waals surface area contributed by atoms with E-state index in [9.17, 15) is 4.79 Å². The number of pyridine rings is 1. The van der Waals surface area contributed by atoms with Crippen molar-refractivity contribution in [2.75, 3.05) is 19.8 Å². The van der Waals surface area contributed by atoms with Crippen molar-refractivity contribution in [2.24, 2.45) is 5.92 Å². The maximum atomic E-state index is 11.7. The molecule has 1 aromatic heterocycles. The zero-order valence-corrected chi connectivity index (χ0v) is 10.6. The summed E-state index contributed by atoms with van der Waals surface area (Å²) in [6.07, 6.45) is 7.80. The van der Waals surface area contributed by atoms with E-state index in [4.69, 9.17) is 4.74 Å². The first-order chi connectivity index (χ1) is 8.86. The molecule has 2 heterocycles. The van der Waals surface area contributed by atoms with Gasteiger partial charge in [-0.3, -0.25) is 9.78 Å². The molecule has 0 atom stereocenters. The number of carbonyl (C=O) groups excluding carboxylic acids is 1. The first kappa shape index (κ1) is 13.0. The Balaban J connectivity index is 1.62. The maximum absolute atomic E-state index is 11.7. The van der Waals surface area contributed by atoms with Crippen LogP contribution in [0.3, 0.4) is 0 Å². The van der Waals surface area contributed by atoms with Crippen LogP contribution in [0.25, 0.3) is 0 Å². The van der Waals surface area contributed by atoms with E-state index in [0.29, 0.717) is 5.56 Å². The maximum Gasteiger partial charge on any atom is 0.252 e. The quantitative estimate of drug-likeness (QED) is 0.811. The lowest BCUT2D eigenvalue weighted by atomic mass is 9.95. The first-order valence-corrected chi connectivity index (χ1v) is 6.62. The van der Waals surface area contributed by atoms with E-state index < -0.39 is 0 Å². The van der Waals surface area contributed by atoms with Crippen LogP contribution >= 0.6 is 0 Å². The third-order valence-corrected chi connectivity index (χ3v) is 3.34. The molecule has 2 rings (SSSR count). The molecule has 1 aliphatic rings. The van der Waals surface area contributed by atoms with Gasteiger partial charge in [0.1, 0.15) is 0 Å². The summed E-state index contributed by atoms with van der Waals surface area (Å²) in [6, 6.07) is 3.55. The number of ether oxygens (including phenoxy) is 1. The second kappa shape index (κ2) is 7.11. The third kappa shape index (κ3) is 4.11. The van der Waals surface area contributed by atoms with Gasteiger partial charge in [-0.2, -0.15) is 0 Å². The number of hydrogen-bond donors (Lipinski definition) is 1. The van der Waals surface area contributed by atoms with Crippen LogP contribution in [0.5, 0.6) is 0 Å². The fourth-order valence-electron chi connectivity index (χ4n) is 2.23. The van der Waals surface area contributed by atoms with E-state index in [1.54, 1.807) is 24.5 Å². The van der Waals surface area contributed by atoms with Gasteiger partial charge in [0.2, 0.25) is 0 Å². The topological polar surface area (TPSA) is 51.2 Å². The van der Waals surface area contributed by atoms with Crippen LogP contribution in [0.1, 0.15) is 36.0 Å². The van der Waals surface area contributed by atoms with Gasteiger partial charge in [-0.1, -0.05) is 0 Å². The second-order valence-electron chi connectivity index (χ2n) is 4.70. The molecule has 0 unspecified atom stereocenters. The van der Waals surface area contributed by atoms with E-state index in [0.717, 1.165) is 44.9 Å². The van der Waals surface area contributed by atoms with Crippen LogP contribution in [-0.2, 0) is 4.74 Å². The predicted octanol–water partition coefficient (Wildman–Crippen LogP) is 2.02. The van der Waals surface area contributed by atoms with Crippen molar-refractivity contribution in [3.63, 3.8) is 0 Å². The largest absolute Gasteiger partial charge is 0.381 e. The number of carbonyl (C=O) groups is 1. The lowest BCUT2D eigenvalue weighted by molar-refractivity contribution is 0.0631. The van der Waals surface area contributed by atoms with Gasteiger partial charge in [-0.05, 0) is 43.7 Å². The molecule has 4 nitrogen and oxygen atoms in total. The number of nitrogens with one attached hydrogen (secondary N) is 1. The van der Waals surface area contributed by atoms with Crippen LogP contribution in [-0.4, -0.2) is 30.6 Å². The van der Waals surface area contributed by atoms with Crippen molar-refractivity contribution >= 4 is 5.91 Å². The van der Waals surface area contributed by atoms with Crippen molar-refractivity contribution < 1.29 is 9.53 Å². The molecule has 1 saturated heterocycles. The minimum absolute atomic E-state index is 0.0323. The second-order valence-corrected chi connectivity index (χ2v) is 4.70. The standard InChI is InChI=1S/C14H20N2O2/c17-14(13-4-2-7-15-11-13)16-8-1-3-12-5-9-18-10-6-12/h2,4,7,11-12H,1,3,5-6,8-10H2,(H,16,17). The summed E-state index contributed by atoms with van der Waals surface area (Å²) >= 11 is 0. The number of nitrogens with zero attached hydrogens (tertiary/aromatic N) is 1. The average molecular weight is 248 g/mol. The molecule has 1 aromatic rings. The molecule has 0 radical (unpaired) electrons. The van der Waals surface area contributed by atoms with E-state index in [1.165, 1.54) is 6.42 Å². The lowest BCUT2D eigenvalue weighted by Gasteiger charge is -2.21. The Labute approximate surface area is 108 Å². The highest BCUT2D eigenvalue weighted by atomic mass is 16.5. The van der Waals surface area contributed by atoms with E-state index in [-0.39, 0.29) is 5.91 Å². The molecule has 1 fully saturated rings. The number of amides is 1. The Morgan fingerprint density at radius 3 is 3.00 bits per heavy atom. The summed E-state index contributed by atoms with van der Waals surface area (Å²) in [5, 5.41) is 2.93. The van der Waals surface area contributed by atoms with Gasteiger partial charge >= 0.3 is 0 Å². The van der Waals surface area contributed by atoms with Crippen LogP contribution in [0.4, 0.5) is 0 Å². The third-order valence-electron chi connectivity index (χ3n) is 3.34. The molecule has 0 aromatic carbocycles. The minimum Gasteiger partial charge on any atom is -0.381 e. The summed E-state index contributed by atoms with van der Waals surface area (Å²) in [6.45, 7) is 2.53. The Morgan fingerprint density at radius 2 is 2.28 bits per heavy atom. The van der Waals surface area contributed by atoms with Crippen molar-refractivity contribution in [3.05, 3.63) is 30.1 Å². The smallest absolute Gasteiger partial charge is 0.252 e. The number of hydrogen-bond acceptors (Lipinski definition) is 3. The van der Waals surface area contributed by atoms with Gasteiger partial charge in [0.15, 0.2) is 0 Å². The highest BCUT2D eigenvalue weighted by molar-refractivity contribution is 5.93. The summed E-state index contributed by atoms with van der Waals surface area (Å²) < 4.78 is 5.33. The highest BCUT2D eigenvalue weighted by Crippen LogP contribution is 2.19. The lowest BCUT2D eigenvalue weighted by Crippen LogP contribution is -2.25. The van der Waals surface area contributed by atoms with E-state index in [1.807, 2.05) is 0 Å². The van der Waals surface area contributed by atoms with Gasteiger partial charge in [-0.15, -0.1) is 0 Å². The Morgan fingerprint density at radius 1 is 1.44 bits per heavy atom. The van der Waals surface area contributed by atoms with Crippen molar-refractivity contribution in [3.8, 4) is 0 Å². The summed E-state index contributed by atoms with van der Waals surface area (Å²) in [7, 11) is 0. The van der Waals surface area contributed by atoms with E-state index >= 15 is 0 Å². The van der Waals surface area contributed by atoms with Crippen molar-refractivity contribution in [1.29, 1.82) is 0 Å². The summed E-state index contributed by atoms with van der Waals surface area (Å²) in [5.74, 6) is 0.740. The molecule has 4 heteroatoms. The molecule has 0 bridgehead atoms.